The number of carbonyl (C=O) groups is 2. The van der Waals surface area contributed by atoms with E-state index in [9.17, 15) is 14.9 Å². The number of ether oxygens (including phenoxy) is 2. The SMILES string of the molecule is COc1ccc(CC[C@@H](SC#N)C(=O)N2C(=O)OC[C@H]2Cc2ccccc2)cc1. The van der Waals surface area contributed by atoms with Gasteiger partial charge in [-0.15, -0.1) is 0 Å². The van der Waals surface area contributed by atoms with Gasteiger partial charge in [-0.3, -0.25) is 4.79 Å². The Labute approximate surface area is 174 Å². The second kappa shape index (κ2) is 9.99. The van der Waals surface area contributed by atoms with E-state index >= 15 is 0 Å². The first kappa shape index (κ1) is 20.7. The van der Waals surface area contributed by atoms with Crippen molar-refractivity contribution in [2.24, 2.45) is 0 Å². The maximum Gasteiger partial charge on any atom is 0.417 e. The Morgan fingerprint density at radius 3 is 2.62 bits per heavy atom. The Morgan fingerprint density at radius 1 is 1.24 bits per heavy atom. The molecule has 0 bridgehead atoms. The van der Waals surface area contributed by atoms with E-state index in [2.05, 4.69) is 0 Å². The van der Waals surface area contributed by atoms with Crippen molar-refractivity contribution in [1.29, 1.82) is 5.26 Å². The van der Waals surface area contributed by atoms with Crippen molar-refractivity contribution in [1.82, 2.24) is 4.90 Å². The first-order chi connectivity index (χ1) is 14.1. The summed E-state index contributed by atoms with van der Waals surface area (Å²) in [5.74, 6) is 0.393. The van der Waals surface area contributed by atoms with Crippen LogP contribution in [0, 0.1) is 10.7 Å². The fourth-order valence-corrected chi connectivity index (χ4v) is 3.89. The Kier molecular flexibility index (Phi) is 7.14. The molecule has 7 heteroatoms. The lowest BCUT2D eigenvalue weighted by Gasteiger charge is -2.23. The molecule has 0 aromatic heterocycles. The number of thiocyanates is 1. The largest absolute Gasteiger partial charge is 0.497 e. The molecule has 1 saturated heterocycles. The summed E-state index contributed by atoms with van der Waals surface area (Å²) in [5.41, 5.74) is 2.06. The number of aryl methyl sites for hydroxylation is 1. The van der Waals surface area contributed by atoms with Gasteiger partial charge in [0.15, 0.2) is 0 Å². The van der Waals surface area contributed by atoms with Gasteiger partial charge >= 0.3 is 6.09 Å². The molecule has 2 atom stereocenters. The average Bonchev–Trinajstić information content (AvgIpc) is 3.11. The third-order valence-corrected chi connectivity index (χ3v) is 5.66. The highest BCUT2D eigenvalue weighted by molar-refractivity contribution is 8.04. The zero-order valence-electron chi connectivity index (χ0n) is 16.1. The van der Waals surface area contributed by atoms with Crippen molar-refractivity contribution in [2.45, 2.75) is 30.6 Å². The number of hydrogen-bond acceptors (Lipinski definition) is 6. The summed E-state index contributed by atoms with van der Waals surface area (Å²) in [6, 6.07) is 16.9. The zero-order valence-corrected chi connectivity index (χ0v) is 16.9. The van der Waals surface area contributed by atoms with Crippen LogP contribution in [0.2, 0.25) is 0 Å². The van der Waals surface area contributed by atoms with Crippen LogP contribution >= 0.6 is 11.8 Å². The van der Waals surface area contributed by atoms with Gasteiger partial charge in [-0.25, -0.2) is 9.69 Å². The van der Waals surface area contributed by atoms with Crippen LogP contribution in [0.1, 0.15) is 17.5 Å². The molecule has 2 aromatic rings. The van der Waals surface area contributed by atoms with Gasteiger partial charge in [0.25, 0.3) is 0 Å². The Morgan fingerprint density at radius 2 is 1.97 bits per heavy atom. The number of cyclic esters (lactones) is 1. The molecule has 0 saturated carbocycles. The van der Waals surface area contributed by atoms with Crippen molar-refractivity contribution in [2.75, 3.05) is 13.7 Å². The fraction of sp³-hybridized carbons (Fsp3) is 0.318. The molecular weight excluding hydrogens is 388 g/mol. The van der Waals surface area contributed by atoms with Crippen LogP contribution < -0.4 is 4.74 Å². The minimum atomic E-state index is -0.635. The van der Waals surface area contributed by atoms with Gasteiger partial charge in [-0.1, -0.05) is 42.5 Å². The number of nitriles is 1. The van der Waals surface area contributed by atoms with Crippen LogP contribution in [-0.2, 0) is 22.4 Å². The van der Waals surface area contributed by atoms with E-state index in [1.54, 1.807) is 7.11 Å². The smallest absolute Gasteiger partial charge is 0.417 e. The molecule has 6 nitrogen and oxygen atoms in total. The third-order valence-electron chi connectivity index (χ3n) is 4.84. The molecule has 29 heavy (non-hydrogen) atoms. The summed E-state index contributed by atoms with van der Waals surface area (Å²) < 4.78 is 10.3. The van der Waals surface area contributed by atoms with Gasteiger partial charge in [0.1, 0.15) is 17.8 Å². The molecule has 0 spiro atoms. The molecule has 0 radical (unpaired) electrons. The quantitative estimate of drug-likeness (QED) is 0.616. The second-order valence-electron chi connectivity index (χ2n) is 6.71. The van der Waals surface area contributed by atoms with Crippen LogP contribution in [-0.4, -0.2) is 41.9 Å². The predicted octanol–water partition coefficient (Wildman–Crippen LogP) is 3.80. The molecule has 1 aliphatic rings. The Bertz CT molecular complexity index is 880. The number of imide groups is 1. The van der Waals surface area contributed by atoms with Crippen LogP contribution in [0.15, 0.2) is 54.6 Å². The van der Waals surface area contributed by atoms with Gasteiger partial charge in [0.05, 0.1) is 18.4 Å². The summed E-state index contributed by atoms with van der Waals surface area (Å²) in [6.45, 7) is 0.169. The van der Waals surface area contributed by atoms with Crippen LogP contribution in [0.3, 0.4) is 0 Å². The van der Waals surface area contributed by atoms with E-state index in [1.807, 2.05) is 60.0 Å². The molecular formula is C22H22N2O4S. The standard InChI is InChI=1S/C22H22N2O4S/c1-27-19-10-7-16(8-11-19)9-12-20(29-15-23)21(25)24-18(14-28-22(24)26)13-17-5-3-2-4-6-17/h2-8,10-11,18,20H,9,12-14H2,1H3/t18-,20-/m1/s1. The normalized spacial score (nSPS) is 16.8. The van der Waals surface area contributed by atoms with E-state index in [1.165, 1.54) is 4.90 Å². The van der Waals surface area contributed by atoms with E-state index in [0.29, 0.717) is 19.3 Å². The van der Waals surface area contributed by atoms with Gasteiger partial charge in [-0.2, -0.15) is 5.26 Å². The number of thioether (sulfide) groups is 1. The van der Waals surface area contributed by atoms with E-state index in [0.717, 1.165) is 28.6 Å². The highest BCUT2D eigenvalue weighted by atomic mass is 32.2. The minimum Gasteiger partial charge on any atom is -0.497 e. The maximum absolute atomic E-state index is 13.1. The van der Waals surface area contributed by atoms with Crippen LogP contribution in [0.25, 0.3) is 0 Å². The maximum atomic E-state index is 13.1. The molecule has 0 unspecified atom stereocenters. The summed E-state index contributed by atoms with van der Waals surface area (Å²) in [6.07, 6.45) is 0.955. The third kappa shape index (κ3) is 5.30. The van der Waals surface area contributed by atoms with Gasteiger partial charge in [0, 0.05) is 0 Å². The lowest BCUT2D eigenvalue weighted by molar-refractivity contribution is -0.128. The number of amides is 2. The number of methoxy groups -OCH3 is 1. The van der Waals surface area contributed by atoms with E-state index in [4.69, 9.17) is 9.47 Å². The zero-order chi connectivity index (χ0) is 20.6. The highest BCUT2D eigenvalue weighted by Gasteiger charge is 2.40. The molecule has 150 valence electrons. The molecule has 1 aliphatic heterocycles. The second-order valence-corrected chi connectivity index (χ2v) is 7.70. The van der Waals surface area contributed by atoms with Crippen molar-refractivity contribution in [3.63, 3.8) is 0 Å². The van der Waals surface area contributed by atoms with E-state index in [-0.39, 0.29) is 18.6 Å². The summed E-state index contributed by atoms with van der Waals surface area (Å²) in [4.78, 5) is 26.5. The molecule has 1 fully saturated rings. The number of rotatable bonds is 8. The summed E-state index contributed by atoms with van der Waals surface area (Å²) in [7, 11) is 1.61. The molecule has 1 heterocycles. The van der Waals surface area contributed by atoms with E-state index < -0.39 is 11.3 Å². The predicted molar refractivity (Wildman–Crippen MR) is 110 cm³/mol. The number of carbonyl (C=O) groups excluding carboxylic acids is 2. The topological polar surface area (TPSA) is 79.6 Å². The lowest BCUT2D eigenvalue weighted by atomic mass is 10.0. The number of benzene rings is 2. The lowest BCUT2D eigenvalue weighted by Crippen LogP contribution is -2.44. The molecule has 0 N–H and O–H groups in total. The van der Waals surface area contributed by atoms with Crippen molar-refractivity contribution < 1.29 is 19.1 Å². The molecule has 2 aromatic carbocycles. The first-order valence-electron chi connectivity index (χ1n) is 9.33. The average molecular weight is 410 g/mol. The van der Waals surface area contributed by atoms with Gasteiger partial charge < -0.3 is 9.47 Å². The molecule has 0 aliphatic carbocycles. The monoisotopic (exact) mass is 410 g/mol. The van der Waals surface area contributed by atoms with Gasteiger partial charge in [-0.05, 0) is 54.3 Å². The highest BCUT2D eigenvalue weighted by Crippen LogP contribution is 2.25. The number of nitrogens with zero attached hydrogens (tertiary/aromatic N) is 2. The summed E-state index contributed by atoms with van der Waals surface area (Å²) in [5, 5.41) is 10.5. The Balaban J connectivity index is 1.68. The van der Waals surface area contributed by atoms with Crippen LogP contribution in [0.5, 0.6) is 5.75 Å². The fourth-order valence-electron chi connectivity index (χ4n) is 3.31. The number of hydrogen-bond donors (Lipinski definition) is 0. The molecule has 3 rings (SSSR count). The van der Waals surface area contributed by atoms with Crippen molar-refractivity contribution in [3.8, 4) is 11.2 Å². The summed E-state index contributed by atoms with van der Waals surface area (Å²) >= 11 is 0.891. The first-order valence-corrected chi connectivity index (χ1v) is 10.2. The minimum absolute atomic E-state index is 0.169. The van der Waals surface area contributed by atoms with Crippen molar-refractivity contribution >= 4 is 23.8 Å². The van der Waals surface area contributed by atoms with Gasteiger partial charge in [0.2, 0.25) is 5.91 Å². The Hall–Kier alpha value is -2.98. The van der Waals surface area contributed by atoms with Crippen LogP contribution in [0.4, 0.5) is 4.79 Å². The van der Waals surface area contributed by atoms with Crippen molar-refractivity contribution in [3.05, 3.63) is 65.7 Å². The molecule has 2 amide bonds.